The zero-order valence-corrected chi connectivity index (χ0v) is 6.02. The second-order valence-corrected chi connectivity index (χ2v) is 2.16. The molecule has 0 amide bonds. The van der Waals surface area contributed by atoms with Gasteiger partial charge in [-0.05, 0) is 6.07 Å². The summed E-state index contributed by atoms with van der Waals surface area (Å²) < 4.78 is 0. The first kappa shape index (κ1) is 8.66. The average molecular weight is 169 g/mol. The Hall–Kier alpha value is -1.43. The number of aromatic carboxylic acids is 1. The van der Waals surface area contributed by atoms with Crippen LogP contribution < -0.4 is 5.23 Å². The lowest BCUT2D eigenvalue weighted by molar-refractivity contribution is -0.991. The number of nitrogens with one attached hydrogen (secondary N) is 1. The highest BCUT2D eigenvalue weighted by Crippen LogP contribution is 2.09. The maximum absolute atomic E-state index is 10.5. The van der Waals surface area contributed by atoms with Gasteiger partial charge in [-0.15, -0.1) is 0 Å². The summed E-state index contributed by atoms with van der Waals surface area (Å²) >= 11 is 0. The van der Waals surface area contributed by atoms with Crippen molar-refractivity contribution in [1.29, 1.82) is 0 Å². The molecule has 12 heavy (non-hydrogen) atoms. The molecular weight excluding hydrogens is 162 g/mol. The molecule has 1 rings (SSSR count). The second-order valence-electron chi connectivity index (χ2n) is 2.16. The molecule has 0 radical (unpaired) electrons. The molecule has 64 valence electrons. The van der Waals surface area contributed by atoms with Crippen molar-refractivity contribution in [3.63, 3.8) is 0 Å². The predicted octanol–water partition coefficient (Wildman–Crippen LogP) is -0.212. The molecule has 0 heterocycles. The molecule has 0 aliphatic heterocycles. The first-order valence-corrected chi connectivity index (χ1v) is 3.18. The molecule has 0 spiro atoms. The number of quaternary nitrogens is 1. The Labute approximate surface area is 68.0 Å². The molecule has 0 saturated heterocycles. The van der Waals surface area contributed by atoms with Gasteiger partial charge in [0.15, 0.2) is 5.69 Å². The number of rotatable bonds is 2. The van der Waals surface area contributed by atoms with Crippen LogP contribution in [0, 0.1) is 5.21 Å². The molecule has 0 aliphatic carbocycles. The standard InChI is InChI=1S/C7H7NO4/c9-7(10)5-3-1-2-4-6(5)8(11)12/h1-4,8,11H,(H,9,10). The van der Waals surface area contributed by atoms with E-state index in [1.807, 2.05) is 0 Å². The minimum absolute atomic E-state index is 0.190. The van der Waals surface area contributed by atoms with Crippen LogP contribution in [0.1, 0.15) is 10.4 Å². The highest BCUT2D eigenvalue weighted by atomic mass is 16.8. The Balaban J connectivity index is 3.17. The molecule has 0 bridgehead atoms. The monoisotopic (exact) mass is 169 g/mol. The van der Waals surface area contributed by atoms with E-state index >= 15 is 0 Å². The summed E-state index contributed by atoms with van der Waals surface area (Å²) in [5.74, 6) is -1.23. The third kappa shape index (κ3) is 1.59. The van der Waals surface area contributed by atoms with E-state index in [1.165, 1.54) is 24.3 Å². The fourth-order valence-corrected chi connectivity index (χ4v) is 0.856. The van der Waals surface area contributed by atoms with Crippen LogP contribution in [-0.4, -0.2) is 16.3 Å². The molecule has 0 aliphatic rings. The Bertz CT molecular complexity index is 297. The van der Waals surface area contributed by atoms with Crippen LogP contribution in [0.4, 0.5) is 5.69 Å². The van der Waals surface area contributed by atoms with Crippen molar-refractivity contribution in [2.45, 2.75) is 0 Å². The summed E-state index contributed by atoms with van der Waals surface area (Å²) in [5.41, 5.74) is -0.380. The van der Waals surface area contributed by atoms with Gasteiger partial charge in [-0.3, -0.25) is 0 Å². The van der Waals surface area contributed by atoms with Gasteiger partial charge in [0.1, 0.15) is 5.56 Å². The van der Waals surface area contributed by atoms with Gasteiger partial charge < -0.3 is 10.3 Å². The minimum Gasteiger partial charge on any atom is -0.595 e. The predicted molar refractivity (Wildman–Crippen MR) is 39.2 cm³/mol. The summed E-state index contributed by atoms with van der Waals surface area (Å²) in [6.07, 6.45) is 0. The Morgan fingerprint density at radius 1 is 1.42 bits per heavy atom. The van der Waals surface area contributed by atoms with E-state index in [0.29, 0.717) is 0 Å². The van der Waals surface area contributed by atoms with Crippen molar-refractivity contribution < 1.29 is 20.3 Å². The fourth-order valence-electron chi connectivity index (χ4n) is 0.856. The van der Waals surface area contributed by atoms with E-state index in [1.54, 1.807) is 0 Å². The van der Waals surface area contributed by atoms with E-state index in [9.17, 15) is 10.0 Å². The van der Waals surface area contributed by atoms with Crippen LogP contribution in [0.15, 0.2) is 24.3 Å². The lowest BCUT2D eigenvalue weighted by atomic mass is 10.2. The van der Waals surface area contributed by atoms with Gasteiger partial charge in [-0.2, -0.15) is 5.23 Å². The zero-order valence-electron chi connectivity index (χ0n) is 6.02. The molecule has 1 aromatic rings. The molecule has 0 aromatic heterocycles. The summed E-state index contributed by atoms with van der Waals surface area (Å²) in [5, 5.41) is 26.3. The smallest absolute Gasteiger partial charge is 0.341 e. The first-order chi connectivity index (χ1) is 5.63. The first-order valence-electron chi connectivity index (χ1n) is 3.18. The van der Waals surface area contributed by atoms with Crippen LogP contribution >= 0.6 is 0 Å². The molecule has 1 aromatic carbocycles. The fraction of sp³-hybridized carbons (Fsp3) is 0. The van der Waals surface area contributed by atoms with E-state index in [4.69, 9.17) is 10.3 Å². The van der Waals surface area contributed by atoms with Gasteiger partial charge in [-0.25, -0.2) is 10.0 Å². The van der Waals surface area contributed by atoms with Crippen molar-refractivity contribution in [3.05, 3.63) is 35.0 Å². The molecule has 1 atom stereocenters. The molecule has 1 unspecified atom stereocenters. The van der Waals surface area contributed by atoms with Gasteiger partial charge in [0.05, 0.1) is 0 Å². The van der Waals surface area contributed by atoms with E-state index in [2.05, 4.69) is 0 Å². The number of carbonyl (C=O) groups is 1. The lowest BCUT2D eigenvalue weighted by Gasteiger charge is -2.12. The van der Waals surface area contributed by atoms with Crippen molar-refractivity contribution in [1.82, 2.24) is 0 Å². The summed E-state index contributed by atoms with van der Waals surface area (Å²) in [7, 11) is 0. The number of hydrogen-bond acceptors (Lipinski definition) is 3. The number of carboxylic acid groups (broad SMARTS) is 1. The van der Waals surface area contributed by atoms with Gasteiger partial charge in [0, 0.05) is 6.07 Å². The third-order valence-electron chi connectivity index (χ3n) is 1.39. The van der Waals surface area contributed by atoms with Gasteiger partial charge >= 0.3 is 5.97 Å². The molecule has 3 N–H and O–H groups in total. The largest absolute Gasteiger partial charge is 0.595 e. The van der Waals surface area contributed by atoms with Gasteiger partial charge in [0.25, 0.3) is 0 Å². The summed E-state index contributed by atoms with van der Waals surface area (Å²) in [6, 6.07) is 5.48. The second kappa shape index (κ2) is 3.31. The molecule has 5 heteroatoms. The Kier molecular flexibility index (Phi) is 2.39. The highest BCUT2D eigenvalue weighted by Gasteiger charge is 2.13. The van der Waals surface area contributed by atoms with Crippen LogP contribution in [0.2, 0.25) is 0 Å². The normalized spacial score (nSPS) is 12.5. The number of hydrogen-bond donors (Lipinski definition) is 3. The topological polar surface area (TPSA) is 85.0 Å². The number of carboxylic acids is 1. The van der Waals surface area contributed by atoms with Crippen LogP contribution in [-0.2, 0) is 0 Å². The maximum atomic E-state index is 10.5. The lowest BCUT2D eigenvalue weighted by Crippen LogP contribution is -2.99. The Morgan fingerprint density at radius 2 is 2.00 bits per heavy atom. The number of para-hydroxylation sites is 1. The quantitative estimate of drug-likeness (QED) is 0.534. The molecule has 0 fully saturated rings. The highest BCUT2D eigenvalue weighted by molar-refractivity contribution is 5.92. The third-order valence-corrected chi connectivity index (χ3v) is 1.39. The van der Waals surface area contributed by atoms with Crippen molar-refractivity contribution >= 4 is 11.7 Å². The molecule has 5 nitrogen and oxygen atoms in total. The maximum Gasteiger partial charge on any atom is 0.341 e. The Morgan fingerprint density at radius 3 is 2.42 bits per heavy atom. The molecular formula is C7H7NO4. The van der Waals surface area contributed by atoms with Gasteiger partial charge in [0.2, 0.25) is 0 Å². The summed E-state index contributed by atoms with van der Waals surface area (Å²) in [6.45, 7) is 0. The average Bonchev–Trinajstić information content (AvgIpc) is 2.04. The van der Waals surface area contributed by atoms with Crippen molar-refractivity contribution in [2.75, 3.05) is 0 Å². The van der Waals surface area contributed by atoms with Crippen LogP contribution in [0.25, 0.3) is 0 Å². The molecule has 0 saturated carbocycles. The van der Waals surface area contributed by atoms with Crippen molar-refractivity contribution in [2.24, 2.45) is 0 Å². The van der Waals surface area contributed by atoms with Crippen molar-refractivity contribution in [3.8, 4) is 0 Å². The SMILES string of the molecule is O=C(O)c1ccccc1[NH+]([O-])O. The van der Waals surface area contributed by atoms with E-state index in [0.717, 1.165) is 0 Å². The van der Waals surface area contributed by atoms with Gasteiger partial charge in [-0.1, -0.05) is 12.1 Å². The number of benzene rings is 1. The van der Waals surface area contributed by atoms with Crippen LogP contribution in [0.5, 0.6) is 0 Å². The van der Waals surface area contributed by atoms with Crippen LogP contribution in [0.3, 0.4) is 0 Å². The van der Waals surface area contributed by atoms with E-state index < -0.39 is 11.2 Å². The van der Waals surface area contributed by atoms with E-state index in [-0.39, 0.29) is 11.3 Å². The minimum atomic E-state index is -1.23. The summed E-state index contributed by atoms with van der Waals surface area (Å²) in [4.78, 5) is 10.5. The zero-order chi connectivity index (χ0) is 9.14.